The van der Waals surface area contributed by atoms with E-state index >= 15 is 0 Å². The van der Waals surface area contributed by atoms with Crippen molar-refractivity contribution in [1.82, 2.24) is 0 Å². The number of nitrogens with zero attached hydrogens (tertiary/aromatic N) is 3. The van der Waals surface area contributed by atoms with Crippen LogP contribution in [0.2, 0.25) is 0 Å². The van der Waals surface area contributed by atoms with E-state index < -0.39 is 0 Å². The Morgan fingerprint density at radius 2 is 1.00 bits per heavy atom. The van der Waals surface area contributed by atoms with Gasteiger partial charge in [-0.1, -0.05) is 48.5 Å². The molecule has 0 saturated heterocycles. The molecule has 0 amide bonds. The minimum atomic E-state index is 0.0137. The van der Waals surface area contributed by atoms with Gasteiger partial charge in [-0.15, -0.1) is 0 Å². The molecule has 4 nitrogen and oxygen atoms in total. The lowest BCUT2D eigenvalue weighted by atomic mass is 9.74. The number of rotatable bonds is 0. The Labute approximate surface area is 178 Å². The summed E-state index contributed by atoms with van der Waals surface area (Å²) < 4.78 is 6.52. The standard InChI is InChI=1S/C26H14BN3O/c1-2-8-18-17(7-1)28-19-9-3-5-15-11-13-21-25(23(15)19)30-26-22(31-21)14-12-16-6-4-10-20(24(16)26)29(18)27(28)30/h1-14H. The molecule has 4 heterocycles. The van der Waals surface area contributed by atoms with Crippen LogP contribution in [0.15, 0.2) is 84.9 Å². The lowest BCUT2D eigenvalue weighted by molar-refractivity contribution is 0.479. The van der Waals surface area contributed by atoms with E-state index in [1.165, 1.54) is 55.7 Å². The molecule has 9 rings (SSSR count). The largest absolute Gasteiger partial charge is 0.519 e. The van der Waals surface area contributed by atoms with E-state index in [1.54, 1.807) is 0 Å². The van der Waals surface area contributed by atoms with Gasteiger partial charge in [0.15, 0.2) is 11.5 Å². The Balaban J connectivity index is 1.57. The monoisotopic (exact) mass is 395 g/mol. The van der Waals surface area contributed by atoms with Crippen molar-refractivity contribution in [2.45, 2.75) is 0 Å². The molecule has 0 saturated carbocycles. The fourth-order valence-electron chi connectivity index (χ4n) is 6.12. The van der Waals surface area contributed by atoms with Crippen molar-refractivity contribution >= 4 is 62.8 Å². The fraction of sp³-hybridized carbons (Fsp3) is 0. The van der Waals surface area contributed by atoms with Crippen LogP contribution in [0.1, 0.15) is 0 Å². The van der Waals surface area contributed by atoms with Crippen LogP contribution in [0.4, 0.5) is 34.1 Å². The van der Waals surface area contributed by atoms with E-state index in [4.69, 9.17) is 4.74 Å². The molecule has 0 N–H and O–H groups in total. The highest BCUT2D eigenvalue weighted by Gasteiger charge is 2.56. The molecule has 5 aromatic carbocycles. The summed E-state index contributed by atoms with van der Waals surface area (Å²) in [6.07, 6.45) is 0. The van der Waals surface area contributed by atoms with Gasteiger partial charge in [0.2, 0.25) is 0 Å². The second-order valence-electron chi connectivity index (χ2n) is 8.62. The molecule has 0 bridgehead atoms. The number of hydrogen-bond acceptors (Lipinski definition) is 4. The maximum Gasteiger partial charge on any atom is 0.519 e. The summed E-state index contributed by atoms with van der Waals surface area (Å²) in [5, 5.41) is 5.00. The maximum absolute atomic E-state index is 6.52. The first kappa shape index (κ1) is 14.8. The van der Waals surface area contributed by atoms with Gasteiger partial charge in [0.25, 0.3) is 0 Å². The molecule has 142 valence electrons. The molecule has 5 aromatic rings. The lowest BCUT2D eigenvalue weighted by Crippen LogP contribution is -2.59. The predicted molar refractivity (Wildman–Crippen MR) is 127 cm³/mol. The number of ether oxygens (including phenoxy) is 1. The second kappa shape index (κ2) is 4.62. The van der Waals surface area contributed by atoms with E-state index in [-0.39, 0.29) is 7.12 Å². The summed E-state index contributed by atoms with van der Waals surface area (Å²) in [6, 6.07) is 30.6. The van der Waals surface area contributed by atoms with Crippen molar-refractivity contribution < 1.29 is 4.74 Å². The molecule has 0 atom stereocenters. The summed E-state index contributed by atoms with van der Waals surface area (Å²) in [5.41, 5.74) is 7.33. The summed E-state index contributed by atoms with van der Waals surface area (Å²) in [7, 11) is 0.0137. The zero-order valence-corrected chi connectivity index (χ0v) is 16.4. The average molecular weight is 395 g/mol. The van der Waals surface area contributed by atoms with Gasteiger partial charge in [-0.25, -0.2) is 0 Å². The van der Waals surface area contributed by atoms with Crippen molar-refractivity contribution in [3.8, 4) is 11.5 Å². The van der Waals surface area contributed by atoms with Crippen molar-refractivity contribution in [1.29, 1.82) is 0 Å². The zero-order chi connectivity index (χ0) is 19.8. The van der Waals surface area contributed by atoms with E-state index in [9.17, 15) is 0 Å². The average Bonchev–Trinajstić information content (AvgIpc) is 3.18. The summed E-state index contributed by atoms with van der Waals surface area (Å²) >= 11 is 0. The van der Waals surface area contributed by atoms with Gasteiger partial charge in [-0.3, -0.25) is 0 Å². The lowest BCUT2D eigenvalue weighted by Gasteiger charge is -2.48. The molecular formula is C26H14BN3O. The quantitative estimate of drug-likeness (QED) is 0.267. The predicted octanol–water partition coefficient (Wildman–Crippen LogP) is 6.84. The summed E-state index contributed by atoms with van der Waals surface area (Å²) in [5.74, 6) is 1.86. The number of anilines is 6. The molecule has 0 aromatic heterocycles. The van der Waals surface area contributed by atoms with Gasteiger partial charge >= 0.3 is 7.12 Å². The Hall–Kier alpha value is -4.12. The first-order chi connectivity index (χ1) is 15.4. The van der Waals surface area contributed by atoms with Crippen molar-refractivity contribution in [3.63, 3.8) is 0 Å². The van der Waals surface area contributed by atoms with Crippen molar-refractivity contribution in [2.24, 2.45) is 0 Å². The van der Waals surface area contributed by atoms with Crippen LogP contribution in [0.25, 0.3) is 21.5 Å². The number of para-hydroxylation sites is 2. The SMILES string of the molecule is c1ccc2c(c1)N1B3N2c2cccc4ccc5c(c24)N3c2c(ccc3cccc1c23)O5. The van der Waals surface area contributed by atoms with Crippen LogP contribution < -0.4 is 19.2 Å². The van der Waals surface area contributed by atoms with Crippen molar-refractivity contribution in [2.75, 3.05) is 14.4 Å². The number of hydrogen-bond donors (Lipinski definition) is 0. The zero-order valence-electron chi connectivity index (χ0n) is 16.4. The van der Waals surface area contributed by atoms with Gasteiger partial charge in [0.05, 0.1) is 22.7 Å². The van der Waals surface area contributed by atoms with Crippen LogP contribution in [-0.2, 0) is 0 Å². The topological polar surface area (TPSA) is 19.0 Å². The Morgan fingerprint density at radius 3 is 1.55 bits per heavy atom. The highest BCUT2D eigenvalue weighted by molar-refractivity contribution is 6.81. The molecule has 0 fully saturated rings. The normalized spacial score (nSPS) is 15.7. The third-order valence-electron chi connectivity index (χ3n) is 7.23. The maximum atomic E-state index is 6.52. The highest BCUT2D eigenvalue weighted by Crippen LogP contribution is 2.64. The molecule has 4 aliphatic rings. The van der Waals surface area contributed by atoms with Crippen molar-refractivity contribution in [3.05, 3.63) is 84.9 Å². The summed E-state index contributed by atoms with van der Waals surface area (Å²) in [6.45, 7) is 0. The molecule has 0 unspecified atom stereocenters. The van der Waals surface area contributed by atoms with Crippen LogP contribution in [0.5, 0.6) is 11.5 Å². The third kappa shape index (κ3) is 1.45. The number of benzene rings is 5. The molecule has 5 heteroatoms. The molecule has 0 radical (unpaired) electrons. The molecule has 4 aliphatic heterocycles. The van der Waals surface area contributed by atoms with E-state index in [2.05, 4.69) is 99.4 Å². The molecule has 0 spiro atoms. The minimum Gasteiger partial charge on any atom is -0.453 e. The van der Waals surface area contributed by atoms with Gasteiger partial charge < -0.3 is 19.2 Å². The Morgan fingerprint density at radius 1 is 0.484 bits per heavy atom. The van der Waals surface area contributed by atoms with Gasteiger partial charge in [-0.05, 0) is 47.2 Å². The second-order valence-corrected chi connectivity index (χ2v) is 8.62. The van der Waals surface area contributed by atoms with E-state index in [0.717, 1.165) is 11.5 Å². The van der Waals surface area contributed by atoms with Crippen LogP contribution in [0, 0.1) is 0 Å². The fourth-order valence-corrected chi connectivity index (χ4v) is 6.12. The Kier molecular flexibility index (Phi) is 2.21. The first-order valence-electron chi connectivity index (χ1n) is 10.7. The Bertz CT molecular complexity index is 1540. The third-order valence-corrected chi connectivity index (χ3v) is 7.23. The van der Waals surface area contributed by atoms with Crippen LogP contribution in [-0.4, -0.2) is 7.12 Å². The smallest absolute Gasteiger partial charge is 0.453 e. The van der Waals surface area contributed by atoms with E-state index in [1.807, 2.05) is 0 Å². The van der Waals surface area contributed by atoms with Crippen LogP contribution >= 0.6 is 0 Å². The minimum absolute atomic E-state index is 0.0137. The number of fused-ring (bicyclic) bond motifs is 5. The first-order valence-corrected chi connectivity index (χ1v) is 10.7. The molecule has 31 heavy (non-hydrogen) atoms. The molecular weight excluding hydrogens is 381 g/mol. The highest BCUT2D eigenvalue weighted by atomic mass is 16.5. The van der Waals surface area contributed by atoms with Gasteiger partial charge in [0.1, 0.15) is 0 Å². The van der Waals surface area contributed by atoms with Gasteiger partial charge in [0, 0.05) is 22.1 Å². The van der Waals surface area contributed by atoms with Gasteiger partial charge in [-0.2, -0.15) is 0 Å². The van der Waals surface area contributed by atoms with E-state index in [0.29, 0.717) is 0 Å². The van der Waals surface area contributed by atoms with Crippen LogP contribution in [0.3, 0.4) is 0 Å². The summed E-state index contributed by atoms with van der Waals surface area (Å²) in [4.78, 5) is 7.51. The molecule has 0 aliphatic carbocycles.